The summed E-state index contributed by atoms with van der Waals surface area (Å²) >= 11 is 0. The summed E-state index contributed by atoms with van der Waals surface area (Å²) in [6.45, 7) is 2.29. The van der Waals surface area contributed by atoms with Crippen LogP contribution in [0.5, 0.6) is 5.75 Å². The Labute approximate surface area is 114 Å². The second kappa shape index (κ2) is 4.14. The minimum absolute atomic E-state index is 0.0259. The van der Waals surface area contributed by atoms with E-state index in [0.29, 0.717) is 5.92 Å². The van der Waals surface area contributed by atoms with Crippen molar-refractivity contribution in [2.75, 3.05) is 25.1 Å². The fourth-order valence-corrected chi connectivity index (χ4v) is 4.71. The number of hydrogen-bond donors (Lipinski definition) is 1. The third-order valence-corrected chi connectivity index (χ3v) is 5.62. The van der Waals surface area contributed by atoms with Gasteiger partial charge < -0.3 is 14.7 Å². The van der Waals surface area contributed by atoms with Crippen molar-refractivity contribution in [3.05, 3.63) is 24.3 Å². The Kier molecular flexibility index (Phi) is 2.52. The van der Waals surface area contributed by atoms with E-state index in [1.807, 2.05) is 12.1 Å². The molecule has 19 heavy (non-hydrogen) atoms. The van der Waals surface area contributed by atoms with Crippen molar-refractivity contribution in [1.29, 1.82) is 0 Å². The van der Waals surface area contributed by atoms with Crippen LogP contribution >= 0.6 is 0 Å². The van der Waals surface area contributed by atoms with E-state index in [4.69, 9.17) is 4.74 Å². The minimum atomic E-state index is -0.0259. The molecule has 5 atom stereocenters. The molecule has 2 bridgehead atoms. The van der Waals surface area contributed by atoms with Crippen molar-refractivity contribution in [2.24, 2.45) is 23.7 Å². The van der Waals surface area contributed by atoms with E-state index in [9.17, 15) is 5.11 Å². The molecule has 102 valence electrons. The van der Waals surface area contributed by atoms with Gasteiger partial charge in [-0.05, 0) is 60.8 Å². The van der Waals surface area contributed by atoms with Gasteiger partial charge in [0.2, 0.25) is 0 Å². The first-order valence-electron chi connectivity index (χ1n) is 7.33. The molecular weight excluding hydrogens is 238 g/mol. The molecule has 1 aliphatic heterocycles. The van der Waals surface area contributed by atoms with Crippen LogP contribution in [0.4, 0.5) is 5.69 Å². The number of nitrogens with zero attached hydrogens (tertiary/aromatic N) is 1. The first-order chi connectivity index (χ1) is 9.26. The first-order valence-corrected chi connectivity index (χ1v) is 7.33. The molecule has 1 aromatic carbocycles. The van der Waals surface area contributed by atoms with E-state index in [1.54, 1.807) is 7.11 Å². The highest BCUT2D eigenvalue weighted by Crippen LogP contribution is 2.55. The molecule has 2 saturated carbocycles. The fraction of sp³-hybridized carbons (Fsp3) is 0.625. The van der Waals surface area contributed by atoms with Crippen LogP contribution in [0.1, 0.15) is 12.8 Å². The van der Waals surface area contributed by atoms with E-state index in [1.165, 1.54) is 18.7 Å². The lowest BCUT2D eigenvalue weighted by Crippen LogP contribution is -2.30. The lowest BCUT2D eigenvalue weighted by Gasteiger charge is -2.26. The predicted octanol–water partition coefficient (Wildman–Crippen LogP) is 2.15. The average Bonchev–Trinajstić information content (AvgIpc) is 3.09. The molecular formula is C16H21NO2. The van der Waals surface area contributed by atoms with Gasteiger partial charge >= 0.3 is 0 Å². The molecule has 2 aliphatic carbocycles. The number of ether oxygens (including phenoxy) is 1. The van der Waals surface area contributed by atoms with E-state index in [0.717, 1.165) is 36.5 Å². The Morgan fingerprint density at radius 3 is 2.53 bits per heavy atom. The maximum absolute atomic E-state index is 10.1. The summed E-state index contributed by atoms with van der Waals surface area (Å²) in [5.41, 5.74) is 1.30. The number of fused-ring (bicyclic) bond motifs is 5. The number of anilines is 1. The van der Waals surface area contributed by atoms with Crippen LogP contribution in [0.15, 0.2) is 24.3 Å². The number of benzene rings is 1. The average molecular weight is 259 g/mol. The van der Waals surface area contributed by atoms with Crippen LogP contribution in [-0.2, 0) is 0 Å². The fourth-order valence-electron chi connectivity index (χ4n) is 4.71. The zero-order valence-corrected chi connectivity index (χ0v) is 11.3. The lowest BCUT2D eigenvalue weighted by atomic mass is 9.80. The molecule has 1 aromatic rings. The van der Waals surface area contributed by atoms with Crippen LogP contribution in [0.25, 0.3) is 0 Å². The number of rotatable bonds is 2. The summed E-state index contributed by atoms with van der Waals surface area (Å²) in [6, 6.07) is 8.37. The highest BCUT2D eigenvalue weighted by atomic mass is 16.5. The van der Waals surface area contributed by atoms with Crippen LogP contribution in [0.2, 0.25) is 0 Å². The molecule has 0 radical (unpaired) electrons. The molecule has 3 aliphatic rings. The zero-order chi connectivity index (χ0) is 13.0. The van der Waals surface area contributed by atoms with Gasteiger partial charge in [0.25, 0.3) is 0 Å². The Morgan fingerprint density at radius 2 is 1.79 bits per heavy atom. The molecule has 1 heterocycles. The van der Waals surface area contributed by atoms with Crippen molar-refractivity contribution < 1.29 is 9.84 Å². The van der Waals surface area contributed by atoms with E-state index < -0.39 is 0 Å². The van der Waals surface area contributed by atoms with E-state index >= 15 is 0 Å². The Hall–Kier alpha value is -1.22. The molecule has 4 rings (SSSR count). The van der Waals surface area contributed by atoms with Crippen molar-refractivity contribution in [3.8, 4) is 5.75 Å². The van der Waals surface area contributed by atoms with E-state index in [-0.39, 0.29) is 6.10 Å². The van der Waals surface area contributed by atoms with Crippen LogP contribution in [-0.4, -0.2) is 31.4 Å². The summed E-state index contributed by atoms with van der Waals surface area (Å²) in [5.74, 6) is 3.79. The second-order valence-corrected chi connectivity index (χ2v) is 6.39. The zero-order valence-electron chi connectivity index (χ0n) is 11.3. The van der Waals surface area contributed by atoms with Crippen molar-refractivity contribution >= 4 is 5.69 Å². The highest BCUT2D eigenvalue weighted by Gasteiger charge is 2.55. The SMILES string of the molecule is COc1ccc(N2CC3C4CC(O)C(C4)C3C2)cc1. The van der Waals surface area contributed by atoms with Crippen LogP contribution in [0, 0.1) is 23.7 Å². The molecule has 3 nitrogen and oxygen atoms in total. The van der Waals surface area contributed by atoms with Gasteiger partial charge in [0.15, 0.2) is 0 Å². The number of aliphatic hydroxyl groups is 1. The van der Waals surface area contributed by atoms with Gasteiger partial charge in [-0.3, -0.25) is 0 Å². The first kappa shape index (κ1) is 11.6. The molecule has 5 unspecified atom stereocenters. The summed E-state index contributed by atoms with van der Waals surface area (Å²) in [4.78, 5) is 2.49. The summed E-state index contributed by atoms with van der Waals surface area (Å²) < 4.78 is 5.21. The Morgan fingerprint density at radius 1 is 1.05 bits per heavy atom. The Bertz CT molecular complexity index is 472. The van der Waals surface area contributed by atoms with Gasteiger partial charge in [0.1, 0.15) is 5.75 Å². The molecule has 3 fully saturated rings. The maximum atomic E-state index is 10.1. The topological polar surface area (TPSA) is 32.7 Å². The normalized spacial score (nSPS) is 39.7. The molecule has 0 amide bonds. The molecule has 1 N–H and O–H groups in total. The molecule has 3 heteroatoms. The van der Waals surface area contributed by atoms with Gasteiger partial charge in [-0.2, -0.15) is 0 Å². The highest BCUT2D eigenvalue weighted by molar-refractivity contribution is 5.50. The van der Waals surface area contributed by atoms with Gasteiger partial charge in [-0.25, -0.2) is 0 Å². The summed E-state index contributed by atoms with van der Waals surface area (Å²) in [5, 5.41) is 10.1. The lowest BCUT2D eigenvalue weighted by molar-refractivity contribution is 0.0702. The van der Waals surface area contributed by atoms with Crippen molar-refractivity contribution in [2.45, 2.75) is 18.9 Å². The molecule has 0 spiro atoms. The summed E-state index contributed by atoms with van der Waals surface area (Å²) in [7, 11) is 1.70. The maximum Gasteiger partial charge on any atom is 0.119 e. The van der Waals surface area contributed by atoms with Crippen LogP contribution in [0.3, 0.4) is 0 Å². The molecule has 0 aromatic heterocycles. The number of methoxy groups -OCH3 is 1. The largest absolute Gasteiger partial charge is 0.497 e. The van der Waals surface area contributed by atoms with Crippen molar-refractivity contribution in [3.63, 3.8) is 0 Å². The van der Waals surface area contributed by atoms with Gasteiger partial charge in [-0.15, -0.1) is 0 Å². The third kappa shape index (κ3) is 1.68. The number of aliphatic hydroxyl groups excluding tert-OH is 1. The monoisotopic (exact) mass is 259 g/mol. The minimum Gasteiger partial charge on any atom is -0.497 e. The van der Waals surface area contributed by atoms with Gasteiger partial charge in [0, 0.05) is 18.8 Å². The Balaban J connectivity index is 1.53. The quantitative estimate of drug-likeness (QED) is 0.883. The summed E-state index contributed by atoms with van der Waals surface area (Å²) in [6.07, 6.45) is 2.29. The number of hydrogen-bond acceptors (Lipinski definition) is 3. The molecule has 1 saturated heterocycles. The second-order valence-electron chi connectivity index (χ2n) is 6.39. The third-order valence-electron chi connectivity index (χ3n) is 5.62. The van der Waals surface area contributed by atoms with Crippen molar-refractivity contribution in [1.82, 2.24) is 0 Å². The van der Waals surface area contributed by atoms with E-state index in [2.05, 4.69) is 17.0 Å². The van der Waals surface area contributed by atoms with Gasteiger partial charge in [-0.1, -0.05) is 0 Å². The van der Waals surface area contributed by atoms with Gasteiger partial charge in [0.05, 0.1) is 13.2 Å². The standard InChI is InChI=1S/C16H21NO2/c1-19-12-4-2-11(3-5-12)17-8-14-10-6-13(15(14)9-17)16(18)7-10/h2-5,10,13-16,18H,6-9H2,1H3. The predicted molar refractivity (Wildman–Crippen MR) is 74.4 cm³/mol. The smallest absolute Gasteiger partial charge is 0.119 e. The van der Waals surface area contributed by atoms with Crippen LogP contribution < -0.4 is 9.64 Å².